The van der Waals surface area contributed by atoms with Gasteiger partial charge in [0.25, 0.3) is 0 Å². The Morgan fingerprint density at radius 3 is 2.36 bits per heavy atom. The number of carbonyl (C=O) groups is 1. The zero-order chi connectivity index (χ0) is 18.5. The van der Waals surface area contributed by atoms with Crippen LogP contribution in [0.2, 0.25) is 0 Å². The second-order valence-corrected chi connectivity index (χ2v) is 9.58. The minimum absolute atomic E-state index is 0.0314. The Bertz CT molecular complexity index is 790. The third-order valence-electron chi connectivity index (χ3n) is 3.71. The predicted molar refractivity (Wildman–Crippen MR) is 101 cm³/mol. The summed E-state index contributed by atoms with van der Waals surface area (Å²) in [5.74, 6) is -0.181. The van der Waals surface area contributed by atoms with Gasteiger partial charge in [-0.05, 0) is 34.6 Å². The lowest BCUT2D eigenvalue weighted by Crippen LogP contribution is -2.30. The Labute approximate surface area is 153 Å². The van der Waals surface area contributed by atoms with Gasteiger partial charge in [-0.1, -0.05) is 39.0 Å². The molecule has 0 aliphatic heterocycles. The highest BCUT2D eigenvalue weighted by Crippen LogP contribution is 2.23. The van der Waals surface area contributed by atoms with Crippen LogP contribution < -0.4 is 10.0 Å². The highest BCUT2D eigenvalue weighted by atomic mass is 32.2. The molecule has 0 aliphatic rings. The van der Waals surface area contributed by atoms with E-state index in [-0.39, 0.29) is 29.2 Å². The normalized spacial score (nSPS) is 12.1. The molecule has 0 bridgehead atoms. The monoisotopic (exact) mass is 380 g/mol. The van der Waals surface area contributed by atoms with Crippen molar-refractivity contribution in [2.75, 3.05) is 6.54 Å². The van der Waals surface area contributed by atoms with E-state index in [1.807, 2.05) is 29.6 Å². The molecule has 0 aliphatic carbocycles. The molecule has 1 aromatic heterocycles. The van der Waals surface area contributed by atoms with Gasteiger partial charge >= 0.3 is 0 Å². The SMILES string of the molecule is CC(C)(C)c1ccc(S(=O)(=O)NCCC(=O)NCc2cccs2)cc1. The first kappa shape index (κ1) is 19.6. The van der Waals surface area contributed by atoms with Gasteiger partial charge in [0.15, 0.2) is 0 Å². The first-order chi connectivity index (χ1) is 11.7. The Kier molecular flexibility index (Phi) is 6.37. The van der Waals surface area contributed by atoms with E-state index in [4.69, 9.17) is 0 Å². The van der Waals surface area contributed by atoms with Crippen LogP contribution in [-0.2, 0) is 26.8 Å². The summed E-state index contributed by atoms with van der Waals surface area (Å²) in [6.07, 6.45) is 0.102. The van der Waals surface area contributed by atoms with Crippen LogP contribution in [-0.4, -0.2) is 20.9 Å². The van der Waals surface area contributed by atoms with Crippen molar-refractivity contribution < 1.29 is 13.2 Å². The second-order valence-electron chi connectivity index (χ2n) is 6.78. The highest BCUT2D eigenvalue weighted by molar-refractivity contribution is 7.89. The smallest absolute Gasteiger partial charge is 0.240 e. The molecule has 136 valence electrons. The van der Waals surface area contributed by atoms with Crippen LogP contribution in [0.3, 0.4) is 0 Å². The maximum Gasteiger partial charge on any atom is 0.240 e. The van der Waals surface area contributed by atoms with E-state index < -0.39 is 10.0 Å². The predicted octanol–water partition coefficient (Wildman–Crippen LogP) is 3.03. The summed E-state index contributed by atoms with van der Waals surface area (Å²) >= 11 is 1.57. The molecule has 0 atom stereocenters. The van der Waals surface area contributed by atoms with Crippen molar-refractivity contribution in [1.82, 2.24) is 10.0 Å². The number of carbonyl (C=O) groups excluding carboxylic acids is 1. The highest BCUT2D eigenvalue weighted by Gasteiger charge is 2.17. The molecule has 0 saturated heterocycles. The molecule has 1 amide bonds. The van der Waals surface area contributed by atoms with Crippen LogP contribution in [0.1, 0.15) is 37.6 Å². The number of sulfonamides is 1. The van der Waals surface area contributed by atoms with Crippen molar-refractivity contribution >= 4 is 27.3 Å². The van der Waals surface area contributed by atoms with Crippen molar-refractivity contribution in [3.05, 3.63) is 52.2 Å². The van der Waals surface area contributed by atoms with Crippen LogP contribution in [0.5, 0.6) is 0 Å². The number of hydrogen-bond acceptors (Lipinski definition) is 4. The van der Waals surface area contributed by atoms with Crippen LogP contribution in [0.15, 0.2) is 46.7 Å². The summed E-state index contributed by atoms with van der Waals surface area (Å²) in [4.78, 5) is 13.0. The van der Waals surface area contributed by atoms with E-state index in [9.17, 15) is 13.2 Å². The molecule has 2 rings (SSSR count). The maximum absolute atomic E-state index is 12.3. The van der Waals surface area contributed by atoms with E-state index in [2.05, 4.69) is 30.8 Å². The fourth-order valence-corrected chi connectivity index (χ4v) is 3.88. The molecule has 2 aromatic rings. The van der Waals surface area contributed by atoms with Crippen molar-refractivity contribution in [2.45, 2.75) is 44.0 Å². The van der Waals surface area contributed by atoms with Gasteiger partial charge in [0, 0.05) is 17.8 Å². The number of thiophene rings is 1. The molecule has 0 spiro atoms. The Hall–Kier alpha value is -1.70. The van der Waals surface area contributed by atoms with Gasteiger partial charge in [0.1, 0.15) is 0 Å². The average molecular weight is 381 g/mol. The quantitative estimate of drug-likeness (QED) is 0.775. The van der Waals surface area contributed by atoms with Crippen molar-refractivity contribution in [3.63, 3.8) is 0 Å². The average Bonchev–Trinajstić information content (AvgIpc) is 3.05. The zero-order valence-corrected chi connectivity index (χ0v) is 16.3. The third kappa shape index (κ3) is 5.95. The lowest BCUT2D eigenvalue weighted by Gasteiger charge is -2.19. The number of benzene rings is 1. The summed E-state index contributed by atoms with van der Waals surface area (Å²) in [6.45, 7) is 6.76. The van der Waals surface area contributed by atoms with E-state index >= 15 is 0 Å². The topological polar surface area (TPSA) is 75.3 Å². The summed E-state index contributed by atoms with van der Waals surface area (Å²) < 4.78 is 27.0. The summed E-state index contributed by atoms with van der Waals surface area (Å²) in [7, 11) is -3.60. The lowest BCUT2D eigenvalue weighted by atomic mass is 9.87. The van der Waals surface area contributed by atoms with Gasteiger partial charge in [0.2, 0.25) is 15.9 Å². The van der Waals surface area contributed by atoms with Gasteiger partial charge in [0.05, 0.1) is 11.4 Å². The van der Waals surface area contributed by atoms with Gasteiger partial charge < -0.3 is 5.32 Å². The van der Waals surface area contributed by atoms with Gasteiger partial charge in [-0.2, -0.15) is 0 Å². The molecule has 0 unspecified atom stereocenters. The van der Waals surface area contributed by atoms with E-state index in [1.165, 1.54) is 0 Å². The number of hydrogen-bond donors (Lipinski definition) is 2. The molecular weight excluding hydrogens is 356 g/mol. The van der Waals surface area contributed by atoms with E-state index in [0.717, 1.165) is 10.4 Å². The van der Waals surface area contributed by atoms with Crippen LogP contribution in [0.4, 0.5) is 0 Å². The van der Waals surface area contributed by atoms with Crippen molar-refractivity contribution in [2.24, 2.45) is 0 Å². The molecule has 2 N–H and O–H groups in total. The number of amides is 1. The van der Waals surface area contributed by atoms with Gasteiger partial charge in [-0.15, -0.1) is 11.3 Å². The first-order valence-electron chi connectivity index (χ1n) is 8.08. The first-order valence-corrected chi connectivity index (χ1v) is 10.4. The van der Waals surface area contributed by atoms with E-state index in [0.29, 0.717) is 6.54 Å². The lowest BCUT2D eigenvalue weighted by molar-refractivity contribution is -0.121. The second kappa shape index (κ2) is 8.12. The molecule has 5 nitrogen and oxygen atoms in total. The van der Waals surface area contributed by atoms with Crippen LogP contribution in [0.25, 0.3) is 0 Å². The standard InChI is InChI=1S/C18H24N2O3S2/c1-18(2,3)14-6-8-16(9-7-14)25(22,23)20-11-10-17(21)19-13-15-5-4-12-24-15/h4-9,12,20H,10-11,13H2,1-3H3,(H,19,21). The van der Waals surface area contributed by atoms with Crippen LogP contribution >= 0.6 is 11.3 Å². The summed E-state index contributed by atoms with van der Waals surface area (Å²) in [6, 6.07) is 10.7. The molecule has 1 aromatic carbocycles. The van der Waals surface area contributed by atoms with Crippen molar-refractivity contribution in [1.29, 1.82) is 0 Å². The summed E-state index contributed by atoms with van der Waals surface area (Å²) in [5.41, 5.74) is 1.04. The summed E-state index contributed by atoms with van der Waals surface area (Å²) in [5, 5.41) is 4.72. The largest absolute Gasteiger partial charge is 0.351 e. The van der Waals surface area contributed by atoms with Crippen molar-refractivity contribution in [3.8, 4) is 0 Å². The molecule has 0 saturated carbocycles. The molecule has 0 fully saturated rings. The molecule has 0 radical (unpaired) electrons. The van der Waals surface area contributed by atoms with Crippen LogP contribution in [0, 0.1) is 0 Å². The Morgan fingerprint density at radius 1 is 1.12 bits per heavy atom. The minimum Gasteiger partial charge on any atom is -0.351 e. The van der Waals surface area contributed by atoms with Gasteiger partial charge in [-0.25, -0.2) is 13.1 Å². The number of nitrogens with one attached hydrogen (secondary N) is 2. The molecular formula is C18H24N2O3S2. The van der Waals surface area contributed by atoms with Gasteiger partial charge in [-0.3, -0.25) is 4.79 Å². The minimum atomic E-state index is -3.60. The Balaban J connectivity index is 1.83. The number of rotatable bonds is 7. The zero-order valence-electron chi connectivity index (χ0n) is 14.7. The maximum atomic E-state index is 12.3. The molecule has 1 heterocycles. The molecule has 25 heavy (non-hydrogen) atoms. The third-order valence-corrected chi connectivity index (χ3v) is 6.07. The fraction of sp³-hybridized carbons (Fsp3) is 0.389. The van der Waals surface area contributed by atoms with E-state index in [1.54, 1.807) is 23.5 Å². The Morgan fingerprint density at radius 2 is 1.80 bits per heavy atom. The fourth-order valence-electron chi connectivity index (χ4n) is 2.20. The molecule has 7 heteroatoms.